The highest BCUT2D eigenvalue weighted by atomic mass is 19.4. The SMILES string of the molecule is CC(C)N1CCC(NC(=O)C(F)(F)F)CC1. The number of piperidine rings is 1. The zero-order valence-electron chi connectivity index (χ0n) is 9.47. The van der Waals surface area contributed by atoms with Crippen molar-refractivity contribution in [3.05, 3.63) is 0 Å². The van der Waals surface area contributed by atoms with E-state index in [0.29, 0.717) is 18.9 Å². The van der Waals surface area contributed by atoms with Crippen LogP contribution in [0.1, 0.15) is 26.7 Å². The Morgan fingerprint density at radius 2 is 1.81 bits per heavy atom. The summed E-state index contributed by atoms with van der Waals surface area (Å²) in [6, 6.07) is 0.0587. The lowest BCUT2D eigenvalue weighted by atomic mass is 10.0. The van der Waals surface area contributed by atoms with Gasteiger partial charge in [0.05, 0.1) is 0 Å². The van der Waals surface area contributed by atoms with Gasteiger partial charge >= 0.3 is 12.1 Å². The maximum absolute atomic E-state index is 12.0. The maximum atomic E-state index is 12.0. The Labute approximate surface area is 93.0 Å². The second-order valence-electron chi connectivity index (χ2n) is 4.38. The van der Waals surface area contributed by atoms with E-state index in [2.05, 4.69) is 18.7 Å². The van der Waals surface area contributed by atoms with Gasteiger partial charge < -0.3 is 10.2 Å². The standard InChI is InChI=1S/C10H17F3N2O/c1-7(2)15-5-3-8(4-6-15)14-9(16)10(11,12)13/h7-8H,3-6H2,1-2H3,(H,14,16). The van der Waals surface area contributed by atoms with Crippen LogP contribution in [-0.4, -0.2) is 42.2 Å². The lowest BCUT2D eigenvalue weighted by Crippen LogP contribution is -2.49. The van der Waals surface area contributed by atoms with Crippen LogP contribution >= 0.6 is 0 Å². The average Bonchev–Trinajstić information content (AvgIpc) is 2.17. The molecule has 94 valence electrons. The zero-order chi connectivity index (χ0) is 12.3. The summed E-state index contributed by atoms with van der Waals surface area (Å²) in [4.78, 5) is 12.9. The number of nitrogens with one attached hydrogen (secondary N) is 1. The number of halogens is 3. The van der Waals surface area contributed by atoms with Crippen LogP contribution in [0.3, 0.4) is 0 Å². The van der Waals surface area contributed by atoms with Crippen LogP contribution in [0.4, 0.5) is 13.2 Å². The third-order valence-corrected chi connectivity index (χ3v) is 2.85. The second kappa shape index (κ2) is 5.03. The van der Waals surface area contributed by atoms with E-state index in [1.807, 2.05) is 5.32 Å². The first-order valence-electron chi connectivity index (χ1n) is 5.42. The molecule has 0 aromatic heterocycles. The molecule has 0 spiro atoms. The molecule has 1 aliphatic heterocycles. The van der Waals surface area contributed by atoms with Crippen molar-refractivity contribution in [3.63, 3.8) is 0 Å². The molecule has 0 aliphatic carbocycles. The van der Waals surface area contributed by atoms with Crippen LogP contribution in [0.5, 0.6) is 0 Å². The smallest absolute Gasteiger partial charge is 0.345 e. The number of rotatable bonds is 2. The lowest BCUT2D eigenvalue weighted by Gasteiger charge is -2.34. The van der Waals surface area contributed by atoms with Crippen LogP contribution in [0, 0.1) is 0 Å². The molecular formula is C10H17F3N2O. The van der Waals surface area contributed by atoms with Crippen molar-refractivity contribution in [2.75, 3.05) is 13.1 Å². The first-order valence-corrected chi connectivity index (χ1v) is 5.42. The number of hydrogen-bond acceptors (Lipinski definition) is 2. The highest BCUT2D eigenvalue weighted by Gasteiger charge is 2.40. The molecule has 1 fully saturated rings. The van der Waals surface area contributed by atoms with Gasteiger partial charge in [-0.3, -0.25) is 4.79 Å². The number of amides is 1. The Kier molecular flexibility index (Phi) is 4.18. The van der Waals surface area contributed by atoms with Crippen LogP contribution in [-0.2, 0) is 4.79 Å². The third kappa shape index (κ3) is 3.66. The molecule has 0 radical (unpaired) electrons. The summed E-state index contributed by atoms with van der Waals surface area (Å²) in [5, 5.41) is 2.03. The fraction of sp³-hybridized carbons (Fsp3) is 0.900. The number of likely N-dealkylation sites (tertiary alicyclic amines) is 1. The summed E-state index contributed by atoms with van der Waals surface area (Å²) in [5.74, 6) is -1.82. The van der Waals surface area contributed by atoms with Gasteiger partial charge in [-0.2, -0.15) is 13.2 Å². The fourth-order valence-corrected chi connectivity index (χ4v) is 1.83. The molecule has 1 N–H and O–H groups in total. The molecule has 0 unspecified atom stereocenters. The predicted octanol–water partition coefficient (Wildman–Crippen LogP) is 1.54. The van der Waals surface area contributed by atoms with Crippen LogP contribution in [0.2, 0.25) is 0 Å². The molecule has 0 saturated carbocycles. The van der Waals surface area contributed by atoms with Gasteiger partial charge in [-0.1, -0.05) is 0 Å². The number of nitrogens with zero attached hydrogens (tertiary/aromatic N) is 1. The van der Waals surface area contributed by atoms with Crippen LogP contribution in [0.15, 0.2) is 0 Å². The Hall–Kier alpha value is -0.780. The summed E-state index contributed by atoms with van der Waals surface area (Å²) >= 11 is 0. The second-order valence-corrected chi connectivity index (χ2v) is 4.38. The Morgan fingerprint density at radius 1 is 1.31 bits per heavy atom. The van der Waals surface area contributed by atoms with Crippen LogP contribution in [0.25, 0.3) is 0 Å². The summed E-state index contributed by atoms with van der Waals surface area (Å²) in [5.41, 5.74) is 0. The van der Waals surface area contributed by atoms with Crippen molar-refractivity contribution in [2.24, 2.45) is 0 Å². The average molecular weight is 238 g/mol. The highest BCUT2D eigenvalue weighted by Crippen LogP contribution is 2.17. The molecule has 6 heteroatoms. The maximum Gasteiger partial charge on any atom is 0.471 e. The molecule has 0 aromatic carbocycles. The molecule has 16 heavy (non-hydrogen) atoms. The first kappa shape index (κ1) is 13.3. The Balaban J connectivity index is 2.35. The minimum absolute atomic E-state index is 0.343. The molecule has 1 aliphatic rings. The normalized spacial score (nSPS) is 20.1. The minimum atomic E-state index is -4.77. The highest BCUT2D eigenvalue weighted by molar-refractivity contribution is 5.81. The topological polar surface area (TPSA) is 32.3 Å². The van der Waals surface area contributed by atoms with E-state index in [-0.39, 0.29) is 6.04 Å². The van der Waals surface area contributed by atoms with Crippen molar-refractivity contribution in [1.29, 1.82) is 0 Å². The molecule has 1 amide bonds. The molecule has 0 bridgehead atoms. The van der Waals surface area contributed by atoms with E-state index < -0.39 is 12.1 Å². The van der Waals surface area contributed by atoms with Crippen molar-refractivity contribution < 1.29 is 18.0 Å². The summed E-state index contributed by atoms with van der Waals surface area (Å²) < 4.78 is 36.0. The molecule has 3 nitrogen and oxygen atoms in total. The van der Waals surface area contributed by atoms with Gasteiger partial charge in [0.25, 0.3) is 0 Å². The Morgan fingerprint density at radius 3 is 2.19 bits per heavy atom. The minimum Gasteiger partial charge on any atom is -0.345 e. The summed E-state index contributed by atoms with van der Waals surface area (Å²) in [6.45, 7) is 5.57. The largest absolute Gasteiger partial charge is 0.471 e. The van der Waals surface area contributed by atoms with Gasteiger partial charge in [-0.05, 0) is 26.7 Å². The summed E-state index contributed by atoms with van der Waals surface area (Å²) in [6.07, 6.45) is -3.60. The van der Waals surface area contributed by atoms with E-state index in [0.717, 1.165) is 13.1 Å². The van der Waals surface area contributed by atoms with Gasteiger partial charge in [0, 0.05) is 25.2 Å². The van der Waals surface area contributed by atoms with Crippen LogP contribution < -0.4 is 5.32 Å². The number of carbonyl (C=O) groups excluding carboxylic acids is 1. The molecule has 0 atom stereocenters. The van der Waals surface area contributed by atoms with Gasteiger partial charge in [-0.15, -0.1) is 0 Å². The quantitative estimate of drug-likeness (QED) is 0.791. The summed E-state index contributed by atoms with van der Waals surface area (Å²) in [7, 11) is 0. The molecule has 1 heterocycles. The molecule has 1 saturated heterocycles. The molecule has 1 rings (SSSR count). The van der Waals surface area contributed by atoms with Crippen molar-refractivity contribution >= 4 is 5.91 Å². The lowest BCUT2D eigenvalue weighted by molar-refractivity contribution is -0.174. The number of hydrogen-bond donors (Lipinski definition) is 1. The predicted molar refractivity (Wildman–Crippen MR) is 53.9 cm³/mol. The third-order valence-electron chi connectivity index (χ3n) is 2.85. The van der Waals surface area contributed by atoms with E-state index in [1.54, 1.807) is 0 Å². The van der Waals surface area contributed by atoms with E-state index >= 15 is 0 Å². The zero-order valence-corrected chi connectivity index (χ0v) is 9.47. The van der Waals surface area contributed by atoms with E-state index in [1.165, 1.54) is 0 Å². The van der Waals surface area contributed by atoms with Gasteiger partial charge in [0.2, 0.25) is 0 Å². The monoisotopic (exact) mass is 238 g/mol. The molecular weight excluding hydrogens is 221 g/mol. The van der Waals surface area contributed by atoms with Gasteiger partial charge in [0.15, 0.2) is 0 Å². The van der Waals surface area contributed by atoms with E-state index in [9.17, 15) is 18.0 Å². The van der Waals surface area contributed by atoms with Gasteiger partial charge in [-0.25, -0.2) is 0 Å². The number of carbonyl (C=O) groups is 1. The van der Waals surface area contributed by atoms with E-state index in [4.69, 9.17) is 0 Å². The van der Waals surface area contributed by atoms with Gasteiger partial charge in [0.1, 0.15) is 0 Å². The number of alkyl halides is 3. The van der Waals surface area contributed by atoms with Crippen molar-refractivity contribution in [3.8, 4) is 0 Å². The fourth-order valence-electron chi connectivity index (χ4n) is 1.83. The van der Waals surface area contributed by atoms with Crippen molar-refractivity contribution in [1.82, 2.24) is 10.2 Å². The Bertz CT molecular complexity index is 245. The first-order chi connectivity index (χ1) is 7.30. The molecule has 0 aromatic rings. The van der Waals surface area contributed by atoms with Crippen molar-refractivity contribution in [2.45, 2.75) is 44.9 Å².